The van der Waals surface area contributed by atoms with E-state index >= 15 is 0 Å². The largest absolute Gasteiger partial charge is 0.353 e. The third-order valence-electron chi connectivity index (χ3n) is 14.5. The smallest absolute Gasteiger partial charge is 0.0992 e. The normalized spacial score (nSPS) is 11.4. The second kappa shape index (κ2) is 17.6. The van der Waals surface area contributed by atoms with E-state index in [0.29, 0.717) is 22.4 Å². The highest BCUT2D eigenvalue weighted by Gasteiger charge is 2.31. The van der Waals surface area contributed by atoms with Crippen molar-refractivity contribution in [1.29, 1.82) is 10.5 Å². The molecule has 2 aliphatic heterocycles. The first-order valence-corrected chi connectivity index (χ1v) is 24.9. The molecule has 0 spiro atoms. The fourth-order valence-corrected chi connectivity index (χ4v) is 11.4. The highest BCUT2D eigenvalue weighted by atomic mass is 15.2. The highest BCUT2D eigenvalue weighted by Crippen LogP contribution is 2.53. The summed E-state index contributed by atoms with van der Waals surface area (Å²) in [6.07, 6.45) is 0. The predicted molar refractivity (Wildman–Crippen MR) is 305 cm³/mol. The van der Waals surface area contributed by atoms with Crippen molar-refractivity contribution in [3.8, 4) is 90.5 Å². The van der Waals surface area contributed by atoms with Gasteiger partial charge < -0.3 is 14.9 Å². The monoisotopic (exact) mass is 955 g/mol. The molecule has 0 atom stereocenters. The maximum Gasteiger partial charge on any atom is 0.0992 e. The van der Waals surface area contributed by atoms with Crippen molar-refractivity contribution in [2.24, 2.45) is 0 Å². The van der Waals surface area contributed by atoms with Crippen LogP contribution in [0.15, 0.2) is 237 Å². The molecule has 0 amide bonds. The summed E-state index contributed by atoms with van der Waals surface area (Å²) in [6, 6.07) is 86.3. The second-order valence-corrected chi connectivity index (χ2v) is 18.8. The Labute approximate surface area is 432 Å². The minimum Gasteiger partial charge on any atom is -0.353 e. The van der Waals surface area contributed by atoms with Crippen LogP contribution in [0.25, 0.3) is 122 Å². The Morgan fingerprint density at radius 2 is 0.640 bits per heavy atom. The van der Waals surface area contributed by atoms with Gasteiger partial charge in [-0.2, -0.15) is 10.5 Å². The predicted octanol–water partition coefficient (Wildman–Crippen LogP) is 17.5. The molecule has 75 heavy (non-hydrogen) atoms. The van der Waals surface area contributed by atoms with Crippen molar-refractivity contribution in [2.45, 2.75) is 0 Å². The Hall–Kier alpha value is -10.6. The Morgan fingerprint density at radius 1 is 0.320 bits per heavy atom. The lowest BCUT2D eigenvalue weighted by atomic mass is 9.93. The molecule has 2 N–H and O–H groups in total. The number of hydrogen-bond acceptors (Lipinski definition) is 5. The van der Waals surface area contributed by atoms with Gasteiger partial charge in [0, 0.05) is 71.9 Å². The number of para-hydroxylation sites is 2. The number of nitrogens with zero attached hydrogens (tertiary/aromatic N) is 5. The van der Waals surface area contributed by atoms with Gasteiger partial charge in [-0.15, -0.1) is 0 Å². The van der Waals surface area contributed by atoms with Crippen LogP contribution in [0.1, 0.15) is 11.1 Å². The molecule has 348 valence electrons. The SMILES string of the molecule is N#Cc1cc(C#N)cc(-c2c3nc(c(-c4ccccc4)c4[nH]c(c(N(c5ccccc5)c5ccccc5)c5nc(c(-c6ccccc6)c6[nH]c2c2ccccc62)-c2ccccc2-5)c2ccccc42)-c2ccccc2-3)c1. The van der Waals surface area contributed by atoms with Crippen LogP contribution in [0.5, 0.6) is 0 Å². The summed E-state index contributed by atoms with van der Waals surface area (Å²) >= 11 is 0. The quantitative estimate of drug-likeness (QED) is 0.173. The van der Waals surface area contributed by atoms with Crippen LogP contribution in [0, 0.1) is 22.7 Å². The Kier molecular flexibility index (Phi) is 10.1. The molecule has 7 nitrogen and oxygen atoms in total. The Bertz CT molecular complexity index is 4430. The number of aromatic amines is 2. The van der Waals surface area contributed by atoms with E-state index in [1.54, 1.807) is 6.07 Å². The van der Waals surface area contributed by atoms with Crippen molar-refractivity contribution in [1.82, 2.24) is 19.9 Å². The molecular weight excluding hydrogens is 915 g/mol. The molecule has 0 unspecified atom stereocenters. The van der Waals surface area contributed by atoms with Gasteiger partial charge in [0.05, 0.1) is 73.8 Å². The zero-order chi connectivity index (χ0) is 50.0. The van der Waals surface area contributed by atoms with Crippen molar-refractivity contribution in [3.05, 3.63) is 248 Å². The average Bonchev–Trinajstić information content (AvgIpc) is 4.26. The number of nitriles is 2. The Morgan fingerprint density at radius 3 is 1.05 bits per heavy atom. The molecule has 0 saturated heterocycles. The fourth-order valence-electron chi connectivity index (χ4n) is 11.4. The molecule has 8 bridgehead atoms. The Balaban J connectivity index is 1.33. The standard InChI is InChI=1S/C68H41N7/c69-40-42-37-43(41-70)39-46(38-42)59-64-51-31-15-13-29-49(51)60(71-64)57(44-21-5-1-6-22-44)62-53-33-17-19-35-55(53)66(73-62)68(75(47-25-9-3-10-26-47)48-27-11-4-12-28-48)67-56-36-20-18-34-54(56)63(74-67)58(45-23-7-2-8-24-45)61-50-30-14-16-32-52(50)65(59)72-61/h1-39,71,74H. The molecule has 3 aliphatic rings. The molecule has 14 rings (SSSR count). The highest BCUT2D eigenvalue weighted by molar-refractivity contribution is 6.22. The van der Waals surface area contributed by atoms with Crippen LogP contribution in [-0.4, -0.2) is 19.9 Å². The molecule has 11 aromatic rings. The van der Waals surface area contributed by atoms with E-state index in [0.717, 1.165) is 128 Å². The summed E-state index contributed by atoms with van der Waals surface area (Å²) in [5.74, 6) is 0. The summed E-state index contributed by atoms with van der Waals surface area (Å²) in [6.45, 7) is 0. The minimum absolute atomic E-state index is 0.376. The maximum atomic E-state index is 10.5. The summed E-state index contributed by atoms with van der Waals surface area (Å²) in [5, 5.41) is 25.0. The first-order valence-electron chi connectivity index (χ1n) is 24.9. The number of nitrogens with one attached hydrogen (secondary N) is 2. The molecular formula is C68H41N7. The van der Waals surface area contributed by atoms with E-state index in [1.165, 1.54) is 0 Å². The lowest BCUT2D eigenvalue weighted by molar-refractivity contribution is 1.27. The summed E-state index contributed by atoms with van der Waals surface area (Å²) in [4.78, 5) is 22.5. The average molecular weight is 956 g/mol. The first-order chi connectivity index (χ1) is 37.1. The minimum atomic E-state index is 0.376. The van der Waals surface area contributed by atoms with Crippen molar-refractivity contribution in [3.63, 3.8) is 0 Å². The van der Waals surface area contributed by atoms with Gasteiger partial charge in [0.1, 0.15) is 0 Å². The zero-order valence-corrected chi connectivity index (χ0v) is 40.3. The molecule has 0 fully saturated rings. The lowest BCUT2D eigenvalue weighted by Crippen LogP contribution is -2.11. The van der Waals surface area contributed by atoms with Gasteiger partial charge in [-0.1, -0.05) is 194 Å². The van der Waals surface area contributed by atoms with Gasteiger partial charge in [-0.25, -0.2) is 9.97 Å². The van der Waals surface area contributed by atoms with Crippen LogP contribution in [0.4, 0.5) is 17.1 Å². The van der Waals surface area contributed by atoms with Gasteiger partial charge in [-0.3, -0.25) is 0 Å². The maximum absolute atomic E-state index is 10.5. The first kappa shape index (κ1) is 43.2. The summed E-state index contributed by atoms with van der Waals surface area (Å²) in [5.41, 5.74) is 19.2. The summed E-state index contributed by atoms with van der Waals surface area (Å²) < 4.78 is 0. The van der Waals surface area contributed by atoms with E-state index in [4.69, 9.17) is 9.97 Å². The number of H-pyrrole nitrogens is 2. The second-order valence-electron chi connectivity index (χ2n) is 18.8. The van der Waals surface area contributed by atoms with Crippen LogP contribution in [-0.2, 0) is 0 Å². The number of aromatic nitrogens is 4. The molecule has 7 heteroatoms. The fraction of sp³-hybridized carbons (Fsp3) is 0. The number of benzene rings is 9. The number of anilines is 3. The molecule has 1 aliphatic carbocycles. The van der Waals surface area contributed by atoms with E-state index in [1.807, 2.05) is 24.3 Å². The van der Waals surface area contributed by atoms with Crippen molar-refractivity contribution < 1.29 is 0 Å². The molecule has 0 radical (unpaired) electrons. The topological polar surface area (TPSA) is 108 Å². The third-order valence-corrected chi connectivity index (χ3v) is 14.5. The van der Waals surface area contributed by atoms with Gasteiger partial charge in [0.15, 0.2) is 0 Å². The third kappa shape index (κ3) is 6.95. The van der Waals surface area contributed by atoms with Gasteiger partial charge in [0.2, 0.25) is 0 Å². The number of hydrogen-bond donors (Lipinski definition) is 2. The van der Waals surface area contributed by atoms with Crippen LogP contribution < -0.4 is 4.90 Å². The lowest BCUT2D eigenvalue weighted by Gasteiger charge is -2.26. The molecule has 4 heterocycles. The van der Waals surface area contributed by atoms with Crippen LogP contribution >= 0.6 is 0 Å². The van der Waals surface area contributed by atoms with E-state index < -0.39 is 0 Å². The summed E-state index contributed by atoms with van der Waals surface area (Å²) in [7, 11) is 0. The number of rotatable bonds is 6. The van der Waals surface area contributed by atoms with Crippen molar-refractivity contribution >= 4 is 60.7 Å². The molecule has 9 aromatic carbocycles. The van der Waals surface area contributed by atoms with E-state index in [2.05, 4.69) is 233 Å². The molecule has 2 aromatic heterocycles. The van der Waals surface area contributed by atoms with Crippen LogP contribution in [0.3, 0.4) is 0 Å². The van der Waals surface area contributed by atoms with Crippen LogP contribution in [0.2, 0.25) is 0 Å². The van der Waals surface area contributed by atoms with E-state index in [9.17, 15) is 10.5 Å². The zero-order valence-electron chi connectivity index (χ0n) is 40.3. The van der Waals surface area contributed by atoms with Gasteiger partial charge in [0.25, 0.3) is 0 Å². The molecule has 0 saturated carbocycles. The van der Waals surface area contributed by atoms with Gasteiger partial charge >= 0.3 is 0 Å². The van der Waals surface area contributed by atoms with E-state index in [-0.39, 0.29) is 0 Å². The van der Waals surface area contributed by atoms with Crippen molar-refractivity contribution in [2.75, 3.05) is 4.90 Å². The van der Waals surface area contributed by atoms with Gasteiger partial charge in [-0.05, 0) is 59.2 Å².